The Balaban J connectivity index is 1.50. The standard InChI is InChI=1S/C18H20N6OS/c1-26-18-19-9-12(10-20-18)11-6-7-14-15(8-11)23-16(22-14)24-17(25)21-13-4-2-3-5-13/h6-10,13H,2-5H2,1H3,(H3,21,22,23,24,25). The van der Waals surface area contributed by atoms with Crippen LogP contribution in [0.4, 0.5) is 10.7 Å². The molecule has 1 aliphatic rings. The van der Waals surface area contributed by atoms with E-state index in [1.165, 1.54) is 24.6 Å². The quantitative estimate of drug-likeness (QED) is 0.481. The highest BCUT2D eigenvalue weighted by molar-refractivity contribution is 7.98. The molecular formula is C18H20N6OS. The van der Waals surface area contributed by atoms with Gasteiger partial charge in [-0.1, -0.05) is 30.7 Å². The topological polar surface area (TPSA) is 95.6 Å². The van der Waals surface area contributed by atoms with Gasteiger partial charge in [0.25, 0.3) is 0 Å². The van der Waals surface area contributed by atoms with Crippen molar-refractivity contribution in [2.45, 2.75) is 36.9 Å². The number of urea groups is 1. The number of rotatable bonds is 4. The number of H-pyrrole nitrogens is 1. The zero-order valence-electron chi connectivity index (χ0n) is 14.5. The van der Waals surface area contributed by atoms with Crippen molar-refractivity contribution >= 4 is 34.8 Å². The van der Waals surface area contributed by atoms with Crippen LogP contribution in [-0.2, 0) is 0 Å². The highest BCUT2D eigenvalue weighted by Gasteiger charge is 2.17. The molecule has 0 radical (unpaired) electrons. The third kappa shape index (κ3) is 3.65. The first-order valence-electron chi connectivity index (χ1n) is 8.65. The van der Waals surface area contributed by atoms with E-state index in [9.17, 15) is 4.79 Å². The average molecular weight is 368 g/mol. The minimum Gasteiger partial charge on any atom is -0.335 e. The number of hydrogen-bond acceptors (Lipinski definition) is 5. The molecule has 134 valence electrons. The van der Waals surface area contributed by atoms with Crippen molar-refractivity contribution in [1.29, 1.82) is 0 Å². The molecule has 3 aromatic rings. The zero-order valence-corrected chi connectivity index (χ0v) is 15.3. The third-order valence-corrected chi connectivity index (χ3v) is 5.12. The van der Waals surface area contributed by atoms with E-state index in [4.69, 9.17) is 0 Å². The molecule has 0 spiro atoms. The van der Waals surface area contributed by atoms with Gasteiger partial charge >= 0.3 is 6.03 Å². The summed E-state index contributed by atoms with van der Waals surface area (Å²) in [6.07, 6.45) is 10.0. The Morgan fingerprint density at radius 3 is 2.69 bits per heavy atom. The van der Waals surface area contributed by atoms with Crippen LogP contribution >= 0.6 is 11.8 Å². The maximum Gasteiger partial charge on any atom is 0.321 e. The van der Waals surface area contributed by atoms with E-state index in [-0.39, 0.29) is 12.1 Å². The fourth-order valence-corrected chi connectivity index (χ4v) is 3.53. The summed E-state index contributed by atoms with van der Waals surface area (Å²) in [5.74, 6) is 0.446. The second-order valence-corrected chi connectivity index (χ2v) is 7.13. The van der Waals surface area contributed by atoms with Crippen molar-refractivity contribution in [3.05, 3.63) is 30.6 Å². The minimum absolute atomic E-state index is 0.211. The first kappa shape index (κ1) is 16.8. The van der Waals surface area contributed by atoms with Crippen LogP contribution in [0.5, 0.6) is 0 Å². The maximum absolute atomic E-state index is 12.1. The van der Waals surface area contributed by atoms with Crippen molar-refractivity contribution < 1.29 is 4.79 Å². The Bertz CT molecular complexity index is 917. The number of aromatic amines is 1. The lowest BCUT2D eigenvalue weighted by Gasteiger charge is -2.11. The van der Waals surface area contributed by atoms with Crippen LogP contribution in [0, 0.1) is 0 Å². The van der Waals surface area contributed by atoms with Gasteiger partial charge in [-0.2, -0.15) is 0 Å². The summed E-state index contributed by atoms with van der Waals surface area (Å²) >= 11 is 1.51. The Labute approximate surface area is 155 Å². The summed E-state index contributed by atoms with van der Waals surface area (Å²) in [6.45, 7) is 0. The lowest BCUT2D eigenvalue weighted by atomic mass is 10.1. The molecule has 1 saturated carbocycles. The third-order valence-electron chi connectivity index (χ3n) is 4.55. The first-order chi connectivity index (χ1) is 12.7. The Hall–Kier alpha value is -2.61. The number of carbonyl (C=O) groups excluding carboxylic acids is 1. The number of fused-ring (bicyclic) bond motifs is 1. The fourth-order valence-electron chi connectivity index (χ4n) is 3.22. The van der Waals surface area contributed by atoms with E-state index < -0.39 is 0 Å². The molecule has 0 unspecified atom stereocenters. The zero-order chi connectivity index (χ0) is 17.9. The molecule has 7 nitrogen and oxygen atoms in total. The predicted octanol–water partition coefficient (Wildman–Crippen LogP) is 3.81. The van der Waals surface area contributed by atoms with E-state index in [1.54, 1.807) is 0 Å². The van der Waals surface area contributed by atoms with Gasteiger partial charge in [0.15, 0.2) is 5.16 Å². The Kier molecular flexibility index (Phi) is 4.75. The number of thioether (sulfide) groups is 1. The molecule has 0 aliphatic heterocycles. The summed E-state index contributed by atoms with van der Waals surface area (Å²) in [7, 11) is 0. The molecule has 4 rings (SSSR count). The Morgan fingerprint density at radius 1 is 1.19 bits per heavy atom. The minimum atomic E-state index is -0.211. The molecule has 26 heavy (non-hydrogen) atoms. The number of amides is 2. The summed E-state index contributed by atoms with van der Waals surface area (Å²) in [4.78, 5) is 28.3. The molecule has 2 aromatic heterocycles. The molecule has 1 fully saturated rings. The van der Waals surface area contributed by atoms with Crippen molar-refractivity contribution in [3.8, 4) is 11.1 Å². The molecule has 3 N–H and O–H groups in total. The molecule has 2 amide bonds. The summed E-state index contributed by atoms with van der Waals surface area (Å²) in [6, 6.07) is 5.94. The van der Waals surface area contributed by atoms with Crippen molar-refractivity contribution in [3.63, 3.8) is 0 Å². The van der Waals surface area contributed by atoms with Gasteiger partial charge in [0.2, 0.25) is 5.95 Å². The fraction of sp³-hybridized carbons (Fsp3) is 0.333. The highest BCUT2D eigenvalue weighted by atomic mass is 32.2. The van der Waals surface area contributed by atoms with Crippen LogP contribution in [0.15, 0.2) is 35.7 Å². The van der Waals surface area contributed by atoms with E-state index in [0.717, 1.165) is 40.2 Å². The Morgan fingerprint density at radius 2 is 1.96 bits per heavy atom. The van der Waals surface area contributed by atoms with Gasteiger partial charge in [-0.3, -0.25) is 5.32 Å². The first-order valence-corrected chi connectivity index (χ1v) is 9.87. The lowest BCUT2D eigenvalue weighted by molar-refractivity contribution is 0.248. The van der Waals surface area contributed by atoms with Gasteiger partial charge in [0, 0.05) is 24.0 Å². The number of anilines is 1. The lowest BCUT2D eigenvalue weighted by Crippen LogP contribution is -2.36. The van der Waals surface area contributed by atoms with E-state index >= 15 is 0 Å². The van der Waals surface area contributed by atoms with Gasteiger partial charge in [-0.05, 0) is 36.8 Å². The van der Waals surface area contributed by atoms with Crippen LogP contribution in [0.25, 0.3) is 22.2 Å². The molecule has 8 heteroatoms. The number of aromatic nitrogens is 4. The number of carbonyl (C=O) groups is 1. The molecular weight excluding hydrogens is 348 g/mol. The molecule has 1 aliphatic carbocycles. The molecule has 2 heterocycles. The normalized spacial score (nSPS) is 14.7. The van der Waals surface area contributed by atoms with Crippen LogP contribution in [0.2, 0.25) is 0 Å². The summed E-state index contributed by atoms with van der Waals surface area (Å²) in [5, 5.41) is 6.53. The van der Waals surface area contributed by atoms with Gasteiger partial charge in [-0.15, -0.1) is 0 Å². The number of hydrogen-bond donors (Lipinski definition) is 3. The second-order valence-electron chi connectivity index (χ2n) is 6.36. The van der Waals surface area contributed by atoms with Gasteiger partial charge in [-0.25, -0.2) is 19.7 Å². The molecule has 0 saturated heterocycles. The van der Waals surface area contributed by atoms with E-state index in [1.807, 2.05) is 36.8 Å². The molecule has 1 aromatic carbocycles. The van der Waals surface area contributed by atoms with Crippen LogP contribution < -0.4 is 10.6 Å². The average Bonchev–Trinajstić information content (AvgIpc) is 3.30. The SMILES string of the molecule is CSc1ncc(-c2ccc3nc(NC(=O)NC4CCCC4)[nH]c3c2)cn1. The second kappa shape index (κ2) is 7.33. The number of nitrogens with zero attached hydrogens (tertiary/aromatic N) is 3. The monoisotopic (exact) mass is 368 g/mol. The van der Waals surface area contributed by atoms with Crippen molar-refractivity contribution in [2.75, 3.05) is 11.6 Å². The van der Waals surface area contributed by atoms with Gasteiger partial charge in [0.1, 0.15) is 0 Å². The summed E-state index contributed by atoms with van der Waals surface area (Å²) < 4.78 is 0. The number of nitrogens with one attached hydrogen (secondary N) is 3. The van der Waals surface area contributed by atoms with Crippen molar-refractivity contribution in [1.82, 2.24) is 25.3 Å². The van der Waals surface area contributed by atoms with Gasteiger partial charge in [0.05, 0.1) is 11.0 Å². The van der Waals surface area contributed by atoms with E-state index in [2.05, 4.69) is 30.6 Å². The number of imidazole rings is 1. The van der Waals surface area contributed by atoms with E-state index in [0.29, 0.717) is 5.95 Å². The van der Waals surface area contributed by atoms with Crippen molar-refractivity contribution in [2.24, 2.45) is 0 Å². The summed E-state index contributed by atoms with van der Waals surface area (Å²) in [5.41, 5.74) is 3.59. The largest absolute Gasteiger partial charge is 0.335 e. The predicted molar refractivity (Wildman–Crippen MR) is 103 cm³/mol. The highest BCUT2D eigenvalue weighted by Crippen LogP contribution is 2.24. The van der Waals surface area contributed by atoms with Crippen LogP contribution in [-0.4, -0.2) is 38.3 Å². The number of benzene rings is 1. The molecule has 0 bridgehead atoms. The maximum atomic E-state index is 12.1. The van der Waals surface area contributed by atoms with Crippen LogP contribution in [0.1, 0.15) is 25.7 Å². The smallest absolute Gasteiger partial charge is 0.321 e. The van der Waals surface area contributed by atoms with Crippen LogP contribution in [0.3, 0.4) is 0 Å². The van der Waals surface area contributed by atoms with Gasteiger partial charge < -0.3 is 10.3 Å². The molecule has 0 atom stereocenters.